The molecule has 1 amide bonds. The van der Waals surface area contributed by atoms with Crippen LogP contribution in [-0.2, 0) is 14.8 Å². The molecule has 2 saturated carbocycles. The Bertz CT molecular complexity index is 936. The average Bonchev–Trinajstić information content (AvgIpc) is 3.21. The van der Waals surface area contributed by atoms with Crippen molar-refractivity contribution in [1.29, 1.82) is 0 Å². The molecule has 2 aromatic carbocycles. The van der Waals surface area contributed by atoms with Gasteiger partial charge in [-0.25, -0.2) is 8.42 Å². The summed E-state index contributed by atoms with van der Waals surface area (Å²) in [7, 11) is -3.58. The van der Waals surface area contributed by atoms with E-state index in [0.29, 0.717) is 11.6 Å². The third kappa shape index (κ3) is 3.30. The molecule has 3 atom stereocenters. The predicted molar refractivity (Wildman–Crippen MR) is 104 cm³/mol. The predicted octanol–water partition coefficient (Wildman–Crippen LogP) is 2.91. The average molecular weight is 372 g/mol. The van der Waals surface area contributed by atoms with Gasteiger partial charge in [-0.15, -0.1) is 0 Å². The maximum absolute atomic E-state index is 12.6. The lowest BCUT2D eigenvalue weighted by molar-refractivity contribution is -0.120. The van der Waals surface area contributed by atoms with Gasteiger partial charge in [0, 0.05) is 11.4 Å². The first-order valence-corrected chi connectivity index (χ1v) is 11.0. The molecule has 2 bridgehead atoms. The van der Waals surface area contributed by atoms with Crippen LogP contribution in [0.15, 0.2) is 42.5 Å². The highest BCUT2D eigenvalue weighted by atomic mass is 32.2. The molecule has 4 rings (SSSR count). The van der Waals surface area contributed by atoms with Gasteiger partial charge in [-0.1, -0.05) is 42.8 Å². The van der Waals surface area contributed by atoms with Gasteiger partial charge in [-0.2, -0.15) is 0 Å². The zero-order valence-electron chi connectivity index (χ0n) is 14.9. The Morgan fingerprint density at radius 2 is 1.88 bits per heavy atom. The minimum Gasteiger partial charge on any atom is -0.352 e. The Balaban J connectivity index is 1.58. The minimum atomic E-state index is -3.58. The van der Waals surface area contributed by atoms with Crippen molar-refractivity contribution in [3.05, 3.63) is 42.5 Å². The molecular formula is C20H24N2O3S. The van der Waals surface area contributed by atoms with E-state index in [0.717, 1.165) is 29.4 Å². The maximum Gasteiger partial charge on any atom is 0.241 e. The molecule has 0 aromatic heterocycles. The Morgan fingerprint density at radius 1 is 1.12 bits per heavy atom. The molecule has 0 saturated heterocycles. The van der Waals surface area contributed by atoms with Gasteiger partial charge in [0.15, 0.2) is 0 Å². The lowest BCUT2D eigenvalue weighted by atomic mass is 9.95. The summed E-state index contributed by atoms with van der Waals surface area (Å²) >= 11 is 0. The van der Waals surface area contributed by atoms with Crippen LogP contribution >= 0.6 is 0 Å². The van der Waals surface area contributed by atoms with Crippen molar-refractivity contribution in [1.82, 2.24) is 5.32 Å². The quantitative estimate of drug-likeness (QED) is 0.878. The van der Waals surface area contributed by atoms with Crippen molar-refractivity contribution >= 4 is 32.4 Å². The molecule has 26 heavy (non-hydrogen) atoms. The molecule has 2 aliphatic rings. The van der Waals surface area contributed by atoms with E-state index in [9.17, 15) is 13.2 Å². The van der Waals surface area contributed by atoms with E-state index in [1.807, 2.05) is 36.4 Å². The minimum absolute atomic E-state index is 0.180. The Morgan fingerprint density at radius 3 is 2.58 bits per heavy atom. The van der Waals surface area contributed by atoms with Gasteiger partial charge in [0.2, 0.25) is 15.9 Å². The number of rotatable bonds is 5. The number of carbonyl (C=O) groups is 1. The van der Waals surface area contributed by atoms with Crippen molar-refractivity contribution in [3.63, 3.8) is 0 Å². The van der Waals surface area contributed by atoms with Crippen LogP contribution < -0.4 is 9.62 Å². The SMILES string of the molecule is CS(=O)(=O)N(CC(=O)N[C@@H]1C[C@@H]2CC[C@H]1C2)c1cccc2ccccc12. The number of carbonyl (C=O) groups excluding carboxylic acids is 1. The maximum atomic E-state index is 12.6. The summed E-state index contributed by atoms with van der Waals surface area (Å²) < 4.78 is 26.1. The van der Waals surface area contributed by atoms with E-state index in [1.54, 1.807) is 6.07 Å². The van der Waals surface area contributed by atoms with Gasteiger partial charge in [0.05, 0.1) is 11.9 Å². The summed E-state index contributed by atoms with van der Waals surface area (Å²) in [6, 6.07) is 13.3. The van der Waals surface area contributed by atoms with Crippen molar-refractivity contribution in [2.75, 3.05) is 17.1 Å². The number of nitrogens with one attached hydrogen (secondary N) is 1. The van der Waals surface area contributed by atoms with Crippen LogP contribution in [0, 0.1) is 11.8 Å². The van der Waals surface area contributed by atoms with Crippen molar-refractivity contribution in [2.45, 2.75) is 31.7 Å². The van der Waals surface area contributed by atoms with Gasteiger partial charge in [0.25, 0.3) is 0 Å². The largest absolute Gasteiger partial charge is 0.352 e. The fraction of sp³-hybridized carbons (Fsp3) is 0.450. The first-order valence-electron chi connectivity index (χ1n) is 9.16. The van der Waals surface area contributed by atoms with E-state index in [2.05, 4.69) is 5.32 Å². The van der Waals surface area contributed by atoms with Crippen LogP contribution in [0.3, 0.4) is 0 Å². The van der Waals surface area contributed by atoms with Gasteiger partial charge in [-0.05, 0) is 42.6 Å². The second-order valence-electron chi connectivity index (χ2n) is 7.62. The van der Waals surface area contributed by atoms with Gasteiger partial charge < -0.3 is 5.32 Å². The smallest absolute Gasteiger partial charge is 0.241 e. The molecule has 5 nitrogen and oxygen atoms in total. The normalized spacial score (nSPS) is 24.7. The van der Waals surface area contributed by atoms with E-state index >= 15 is 0 Å². The molecule has 2 aromatic rings. The summed E-state index contributed by atoms with van der Waals surface area (Å²) in [6.45, 7) is -0.180. The van der Waals surface area contributed by atoms with Crippen molar-refractivity contribution in [2.24, 2.45) is 11.8 Å². The van der Waals surface area contributed by atoms with E-state index in [-0.39, 0.29) is 18.5 Å². The standard InChI is InChI=1S/C20H24N2O3S/c1-26(24,25)22(19-8-4-6-15-5-2-3-7-17(15)19)13-20(23)21-18-12-14-9-10-16(18)11-14/h2-8,14,16,18H,9-13H2,1H3,(H,21,23)/t14-,16+,18-/m1/s1. The van der Waals surface area contributed by atoms with Crippen LogP contribution in [0.4, 0.5) is 5.69 Å². The molecule has 0 aliphatic heterocycles. The number of nitrogens with zero attached hydrogens (tertiary/aromatic N) is 1. The molecule has 6 heteroatoms. The van der Waals surface area contributed by atoms with E-state index in [4.69, 9.17) is 0 Å². The van der Waals surface area contributed by atoms with Gasteiger partial charge >= 0.3 is 0 Å². The summed E-state index contributed by atoms with van der Waals surface area (Å²) in [6.07, 6.45) is 5.82. The Kier molecular flexibility index (Phi) is 4.39. The van der Waals surface area contributed by atoms with Gasteiger partial charge in [-0.3, -0.25) is 9.10 Å². The Labute approximate surface area is 154 Å². The van der Waals surface area contributed by atoms with E-state index in [1.165, 1.54) is 23.6 Å². The molecule has 0 unspecified atom stereocenters. The summed E-state index contributed by atoms with van der Waals surface area (Å²) in [5.41, 5.74) is 0.550. The highest BCUT2D eigenvalue weighted by Gasteiger charge is 2.40. The summed E-state index contributed by atoms with van der Waals surface area (Å²) in [4.78, 5) is 12.6. The topological polar surface area (TPSA) is 66.5 Å². The second-order valence-corrected chi connectivity index (χ2v) is 9.52. The first-order chi connectivity index (χ1) is 12.4. The number of hydrogen-bond acceptors (Lipinski definition) is 3. The molecule has 2 aliphatic carbocycles. The molecule has 0 spiro atoms. The summed E-state index contributed by atoms with van der Waals surface area (Å²) in [5, 5.41) is 4.86. The zero-order chi connectivity index (χ0) is 18.3. The van der Waals surface area contributed by atoms with Crippen molar-refractivity contribution < 1.29 is 13.2 Å². The molecular weight excluding hydrogens is 348 g/mol. The number of benzene rings is 2. The molecule has 138 valence electrons. The number of fused-ring (bicyclic) bond motifs is 3. The van der Waals surface area contributed by atoms with Crippen LogP contribution in [0.5, 0.6) is 0 Å². The van der Waals surface area contributed by atoms with Crippen LogP contribution in [0.1, 0.15) is 25.7 Å². The fourth-order valence-corrected chi connectivity index (χ4v) is 5.48. The molecule has 0 radical (unpaired) electrons. The van der Waals surface area contributed by atoms with Crippen LogP contribution in [0.25, 0.3) is 10.8 Å². The number of sulfonamides is 1. The first kappa shape index (κ1) is 17.3. The number of anilines is 1. The summed E-state index contributed by atoms with van der Waals surface area (Å²) in [5.74, 6) is 1.07. The van der Waals surface area contributed by atoms with E-state index < -0.39 is 10.0 Å². The number of amides is 1. The molecule has 1 N–H and O–H groups in total. The third-order valence-electron chi connectivity index (χ3n) is 5.81. The molecule has 0 heterocycles. The lowest BCUT2D eigenvalue weighted by Crippen LogP contribution is -2.45. The fourth-order valence-electron chi connectivity index (χ4n) is 4.61. The van der Waals surface area contributed by atoms with Gasteiger partial charge in [0.1, 0.15) is 6.54 Å². The third-order valence-corrected chi connectivity index (χ3v) is 6.93. The van der Waals surface area contributed by atoms with Crippen LogP contribution in [-0.4, -0.2) is 33.2 Å². The van der Waals surface area contributed by atoms with Crippen molar-refractivity contribution in [3.8, 4) is 0 Å². The monoisotopic (exact) mass is 372 g/mol. The highest BCUT2D eigenvalue weighted by molar-refractivity contribution is 7.92. The lowest BCUT2D eigenvalue weighted by Gasteiger charge is -2.27. The Hall–Kier alpha value is -2.08. The zero-order valence-corrected chi connectivity index (χ0v) is 15.7. The number of hydrogen-bond donors (Lipinski definition) is 1. The van der Waals surface area contributed by atoms with Crippen LogP contribution in [0.2, 0.25) is 0 Å². The second kappa shape index (κ2) is 6.58. The highest BCUT2D eigenvalue weighted by Crippen LogP contribution is 2.44. The molecule has 2 fully saturated rings.